The van der Waals surface area contributed by atoms with Gasteiger partial charge in [0.25, 0.3) is 0 Å². The first-order valence-electron chi connectivity index (χ1n) is 6.49. The minimum absolute atomic E-state index is 0.0826. The summed E-state index contributed by atoms with van der Waals surface area (Å²) in [5, 5.41) is 10.1. The van der Waals surface area contributed by atoms with Crippen molar-refractivity contribution in [1.29, 1.82) is 0 Å². The van der Waals surface area contributed by atoms with Gasteiger partial charge < -0.3 is 15.2 Å². The molecule has 2 heterocycles. The van der Waals surface area contributed by atoms with Crippen LogP contribution in [0.15, 0.2) is 16.9 Å². The van der Waals surface area contributed by atoms with Crippen molar-refractivity contribution < 1.29 is 9.32 Å². The fraction of sp³-hybridized carbons (Fsp3) is 0.692. The summed E-state index contributed by atoms with van der Waals surface area (Å²) >= 11 is 0. The lowest BCUT2D eigenvalue weighted by atomic mass is 9.74. The SMILES string of the molecule is CC(C)(C(=O)NCc1ccon1)C1CCCNC1. The first-order chi connectivity index (χ1) is 8.60. The number of aromatic nitrogens is 1. The second-order valence-corrected chi connectivity index (χ2v) is 5.44. The van der Waals surface area contributed by atoms with Crippen molar-refractivity contribution in [3.63, 3.8) is 0 Å². The molecule has 1 saturated heterocycles. The fourth-order valence-electron chi connectivity index (χ4n) is 2.38. The predicted molar refractivity (Wildman–Crippen MR) is 67.7 cm³/mol. The summed E-state index contributed by atoms with van der Waals surface area (Å²) in [5.74, 6) is 0.475. The van der Waals surface area contributed by atoms with Crippen molar-refractivity contribution >= 4 is 5.91 Å². The third-order valence-electron chi connectivity index (χ3n) is 3.82. The lowest BCUT2D eigenvalue weighted by Gasteiger charge is -2.35. The molecule has 5 heteroatoms. The van der Waals surface area contributed by atoms with Crippen molar-refractivity contribution in [2.24, 2.45) is 11.3 Å². The van der Waals surface area contributed by atoms with Crippen LogP contribution in [0, 0.1) is 11.3 Å². The lowest BCUT2D eigenvalue weighted by molar-refractivity contribution is -0.132. The maximum absolute atomic E-state index is 12.3. The summed E-state index contributed by atoms with van der Waals surface area (Å²) < 4.78 is 4.74. The minimum Gasteiger partial charge on any atom is -0.364 e. The maximum Gasteiger partial charge on any atom is 0.226 e. The van der Waals surface area contributed by atoms with Gasteiger partial charge in [0.15, 0.2) is 0 Å². The zero-order valence-electron chi connectivity index (χ0n) is 11.0. The molecule has 1 aromatic heterocycles. The van der Waals surface area contributed by atoms with Crippen molar-refractivity contribution in [2.75, 3.05) is 13.1 Å². The highest BCUT2D eigenvalue weighted by Gasteiger charge is 2.37. The summed E-state index contributed by atoms with van der Waals surface area (Å²) in [7, 11) is 0. The molecule has 5 nitrogen and oxygen atoms in total. The molecule has 0 spiro atoms. The number of nitrogens with one attached hydrogen (secondary N) is 2. The van der Waals surface area contributed by atoms with Gasteiger partial charge in [-0.3, -0.25) is 4.79 Å². The van der Waals surface area contributed by atoms with Gasteiger partial charge >= 0.3 is 0 Å². The smallest absolute Gasteiger partial charge is 0.226 e. The highest BCUT2D eigenvalue weighted by molar-refractivity contribution is 5.82. The molecule has 0 bridgehead atoms. The molecular weight excluding hydrogens is 230 g/mol. The highest BCUT2D eigenvalue weighted by Crippen LogP contribution is 2.31. The van der Waals surface area contributed by atoms with Gasteiger partial charge in [-0.15, -0.1) is 0 Å². The number of carbonyl (C=O) groups excluding carboxylic acids is 1. The Bertz CT molecular complexity index is 381. The van der Waals surface area contributed by atoms with E-state index in [2.05, 4.69) is 15.8 Å². The average molecular weight is 251 g/mol. The molecule has 0 saturated carbocycles. The normalized spacial score (nSPS) is 20.7. The number of nitrogens with zero attached hydrogens (tertiary/aromatic N) is 1. The zero-order valence-corrected chi connectivity index (χ0v) is 11.0. The third-order valence-corrected chi connectivity index (χ3v) is 3.82. The van der Waals surface area contributed by atoms with Gasteiger partial charge in [-0.1, -0.05) is 19.0 Å². The Morgan fingerprint density at radius 3 is 3.11 bits per heavy atom. The summed E-state index contributed by atoms with van der Waals surface area (Å²) in [6, 6.07) is 1.76. The first-order valence-corrected chi connectivity index (χ1v) is 6.49. The monoisotopic (exact) mass is 251 g/mol. The van der Waals surface area contributed by atoms with E-state index < -0.39 is 0 Å². The molecular formula is C13H21N3O2. The third kappa shape index (κ3) is 2.90. The molecule has 0 aromatic carbocycles. The fourth-order valence-corrected chi connectivity index (χ4v) is 2.38. The number of carbonyl (C=O) groups is 1. The van der Waals surface area contributed by atoms with Crippen LogP contribution in [-0.2, 0) is 11.3 Å². The molecule has 1 aromatic rings. The summed E-state index contributed by atoms with van der Waals surface area (Å²) in [6.07, 6.45) is 3.76. The highest BCUT2D eigenvalue weighted by atomic mass is 16.5. The number of amides is 1. The molecule has 100 valence electrons. The van der Waals surface area contributed by atoms with Crippen LogP contribution < -0.4 is 10.6 Å². The number of piperidine rings is 1. The van der Waals surface area contributed by atoms with E-state index in [1.54, 1.807) is 6.07 Å². The standard InChI is InChI=1S/C13H21N3O2/c1-13(2,10-4-3-6-14-8-10)12(17)15-9-11-5-7-18-16-11/h5,7,10,14H,3-4,6,8-9H2,1-2H3,(H,15,17). The Balaban J connectivity index is 1.89. The van der Waals surface area contributed by atoms with E-state index in [1.165, 1.54) is 6.26 Å². The van der Waals surface area contributed by atoms with Gasteiger partial charge in [0.05, 0.1) is 6.54 Å². The lowest BCUT2D eigenvalue weighted by Crippen LogP contribution is -2.47. The van der Waals surface area contributed by atoms with E-state index in [0.29, 0.717) is 12.5 Å². The Hall–Kier alpha value is -1.36. The van der Waals surface area contributed by atoms with Crippen LogP contribution in [-0.4, -0.2) is 24.2 Å². The van der Waals surface area contributed by atoms with E-state index in [9.17, 15) is 4.79 Å². The topological polar surface area (TPSA) is 67.2 Å². The van der Waals surface area contributed by atoms with Gasteiger partial charge in [-0.2, -0.15) is 0 Å². The molecule has 1 unspecified atom stereocenters. The van der Waals surface area contributed by atoms with Crippen LogP contribution in [0.4, 0.5) is 0 Å². The molecule has 18 heavy (non-hydrogen) atoms. The van der Waals surface area contributed by atoms with Crippen molar-refractivity contribution in [3.05, 3.63) is 18.0 Å². The molecule has 1 atom stereocenters. The quantitative estimate of drug-likeness (QED) is 0.847. The molecule has 0 radical (unpaired) electrons. The number of hydrogen-bond acceptors (Lipinski definition) is 4. The Labute approximate surface area is 107 Å². The van der Waals surface area contributed by atoms with Gasteiger partial charge in [0.1, 0.15) is 12.0 Å². The van der Waals surface area contributed by atoms with Crippen molar-refractivity contribution in [2.45, 2.75) is 33.2 Å². The minimum atomic E-state index is -0.350. The number of hydrogen-bond donors (Lipinski definition) is 2. The van der Waals surface area contributed by atoms with E-state index in [-0.39, 0.29) is 11.3 Å². The molecule has 1 amide bonds. The first kappa shape index (κ1) is 13.1. The van der Waals surface area contributed by atoms with Crippen LogP contribution in [0.25, 0.3) is 0 Å². The van der Waals surface area contributed by atoms with Crippen LogP contribution >= 0.6 is 0 Å². The molecule has 1 fully saturated rings. The Kier molecular flexibility index (Phi) is 4.01. The molecule has 2 N–H and O–H groups in total. The van der Waals surface area contributed by atoms with Crippen LogP contribution in [0.5, 0.6) is 0 Å². The van der Waals surface area contributed by atoms with Crippen molar-refractivity contribution in [1.82, 2.24) is 15.8 Å². The van der Waals surface area contributed by atoms with Gasteiger partial charge in [-0.25, -0.2) is 0 Å². The summed E-state index contributed by atoms with van der Waals surface area (Å²) in [5.41, 5.74) is 0.401. The van der Waals surface area contributed by atoms with Crippen LogP contribution in [0.2, 0.25) is 0 Å². The largest absolute Gasteiger partial charge is 0.364 e. The average Bonchev–Trinajstić information content (AvgIpc) is 2.90. The Morgan fingerprint density at radius 2 is 2.50 bits per heavy atom. The number of rotatable bonds is 4. The van der Waals surface area contributed by atoms with Gasteiger partial charge in [0, 0.05) is 11.5 Å². The zero-order chi connectivity index (χ0) is 13.0. The molecule has 1 aliphatic rings. The second-order valence-electron chi connectivity index (χ2n) is 5.44. The Morgan fingerprint density at radius 1 is 1.67 bits per heavy atom. The summed E-state index contributed by atoms with van der Waals surface area (Å²) in [4.78, 5) is 12.3. The second kappa shape index (κ2) is 5.52. The van der Waals surface area contributed by atoms with Crippen LogP contribution in [0.1, 0.15) is 32.4 Å². The van der Waals surface area contributed by atoms with E-state index >= 15 is 0 Å². The van der Waals surface area contributed by atoms with E-state index in [4.69, 9.17) is 4.52 Å². The molecule has 0 aliphatic carbocycles. The van der Waals surface area contributed by atoms with Gasteiger partial charge in [0.2, 0.25) is 5.91 Å². The van der Waals surface area contributed by atoms with E-state index in [0.717, 1.165) is 31.6 Å². The predicted octanol–water partition coefficient (Wildman–Crippen LogP) is 1.32. The van der Waals surface area contributed by atoms with Crippen LogP contribution in [0.3, 0.4) is 0 Å². The summed E-state index contributed by atoms with van der Waals surface area (Å²) in [6.45, 7) is 6.45. The van der Waals surface area contributed by atoms with Crippen molar-refractivity contribution in [3.8, 4) is 0 Å². The van der Waals surface area contributed by atoms with Gasteiger partial charge in [-0.05, 0) is 31.8 Å². The van der Waals surface area contributed by atoms with E-state index in [1.807, 2.05) is 13.8 Å². The molecule has 1 aliphatic heterocycles. The maximum atomic E-state index is 12.3. The molecule has 2 rings (SSSR count).